The molecule has 1 aromatic carbocycles. The van der Waals surface area contributed by atoms with Crippen molar-refractivity contribution >= 4 is 5.91 Å². The van der Waals surface area contributed by atoms with Crippen LogP contribution in [0.2, 0.25) is 0 Å². The predicted octanol–water partition coefficient (Wildman–Crippen LogP) is 2.57. The third-order valence-corrected chi connectivity index (χ3v) is 4.62. The second kappa shape index (κ2) is 7.03. The molecule has 1 aliphatic rings. The lowest BCUT2D eigenvalue weighted by atomic mass is 9.77. The van der Waals surface area contributed by atoms with E-state index >= 15 is 0 Å². The van der Waals surface area contributed by atoms with Crippen molar-refractivity contribution in [2.45, 2.75) is 39.5 Å². The molecule has 0 aromatic heterocycles. The fraction of sp³-hybridized carbons (Fsp3) is 0.588. The molecule has 1 fully saturated rings. The smallest absolute Gasteiger partial charge is 0.227 e. The van der Waals surface area contributed by atoms with Gasteiger partial charge < -0.3 is 10.6 Å². The number of hydrogen-bond donors (Lipinski definition) is 2. The topological polar surface area (TPSA) is 41.1 Å². The summed E-state index contributed by atoms with van der Waals surface area (Å²) in [6.45, 7) is 6.36. The number of amides is 1. The molecule has 2 N–H and O–H groups in total. The molecule has 1 aliphatic heterocycles. The molecule has 1 saturated heterocycles. The Labute approximate surface area is 126 Å². The first-order valence-electron chi connectivity index (χ1n) is 7.81. The van der Waals surface area contributed by atoms with Crippen LogP contribution in [0.25, 0.3) is 0 Å². The van der Waals surface area contributed by atoms with Crippen molar-refractivity contribution < 1.29 is 9.18 Å². The molecule has 21 heavy (non-hydrogen) atoms. The highest BCUT2D eigenvalue weighted by Gasteiger charge is 2.37. The van der Waals surface area contributed by atoms with Crippen LogP contribution in [0.5, 0.6) is 0 Å². The number of rotatable bonds is 5. The fourth-order valence-corrected chi connectivity index (χ4v) is 3.06. The molecule has 1 heterocycles. The van der Waals surface area contributed by atoms with Crippen LogP contribution >= 0.6 is 0 Å². The van der Waals surface area contributed by atoms with E-state index < -0.39 is 0 Å². The van der Waals surface area contributed by atoms with Gasteiger partial charge in [0.1, 0.15) is 5.82 Å². The Bertz CT molecular complexity index is 496. The van der Waals surface area contributed by atoms with E-state index in [1.165, 1.54) is 12.1 Å². The van der Waals surface area contributed by atoms with E-state index in [1.54, 1.807) is 6.07 Å². The van der Waals surface area contributed by atoms with E-state index in [9.17, 15) is 9.18 Å². The van der Waals surface area contributed by atoms with Crippen LogP contribution in [0, 0.1) is 18.2 Å². The molecule has 116 valence electrons. The van der Waals surface area contributed by atoms with Crippen LogP contribution in [0.1, 0.15) is 37.3 Å². The molecule has 2 rings (SSSR count). The molecular weight excluding hydrogens is 267 g/mol. The first-order valence-corrected chi connectivity index (χ1v) is 7.81. The Morgan fingerprint density at radius 1 is 1.48 bits per heavy atom. The number of hydrogen-bond acceptors (Lipinski definition) is 2. The molecule has 1 atom stereocenters. The standard InChI is InChI=1S/C17H25FN2O/c1-3-17(8-4-9-19-12-17)16(21)20-10-7-14-5-6-15(18)11-13(14)2/h5-6,11,19H,3-4,7-10,12H2,1-2H3,(H,20,21). The summed E-state index contributed by atoms with van der Waals surface area (Å²) in [5, 5.41) is 6.39. The van der Waals surface area contributed by atoms with Crippen LogP contribution < -0.4 is 10.6 Å². The molecular formula is C17H25FN2O. The van der Waals surface area contributed by atoms with Gasteiger partial charge in [-0.1, -0.05) is 13.0 Å². The molecule has 1 amide bonds. The highest BCUT2D eigenvalue weighted by atomic mass is 19.1. The molecule has 1 unspecified atom stereocenters. The van der Waals surface area contributed by atoms with Gasteiger partial charge in [-0.05, 0) is 62.4 Å². The maximum absolute atomic E-state index is 13.1. The normalized spacial score (nSPS) is 22.0. The molecule has 0 saturated carbocycles. The van der Waals surface area contributed by atoms with Gasteiger partial charge in [0, 0.05) is 13.1 Å². The van der Waals surface area contributed by atoms with Crippen molar-refractivity contribution in [2.75, 3.05) is 19.6 Å². The first kappa shape index (κ1) is 16.0. The number of benzene rings is 1. The van der Waals surface area contributed by atoms with Crippen molar-refractivity contribution in [3.8, 4) is 0 Å². The zero-order valence-corrected chi connectivity index (χ0v) is 13.0. The first-order chi connectivity index (χ1) is 10.1. The van der Waals surface area contributed by atoms with E-state index in [0.717, 1.165) is 49.9 Å². The van der Waals surface area contributed by atoms with Crippen LogP contribution in [0.15, 0.2) is 18.2 Å². The van der Waals surface area contributed by atoms with Gasteiger partial charge in [0.25, 0.3) is 0 Å². The minimum absolute atomic E-state index is 0.150. The Hall–Kier alpha value is -1.42. The molecule has 0 aliphatic carbocycles. The maximum Gasteiger partial charge on any atom is 0.227 e. The molecule has 0 spiro atoms. The lowest BCUT2D eigenvalue weighted by Crippen LogP contribution is -2.50. The summed E-state index contributed by atoms with van der Waals surface area (Å²) >= 11 is 0. The third-order valence-electron chi connectivity index (χ3n) is 4.62. The number of halogens is 1. The zero-order valence-electron chi connectivity index (χ0n) is 13.0. The average molecular weight is 292 g/mol. The lowest BCUT2D eigenvalue weighted by Gasteiger charge is -2.35. The second-order valence-corrected chi connectivity index (χ2v) is 5.99. The van der Waals surface area contributed by atoms with E-state index in [1.807, 2.05) is 6.92 Å². The van der Waals surface area contributed by atoms with E-state index in [0.29, 0.717) is 6.54 Å². The van der Waals surface area contributed by atoms with Crippen LogP contribution in [-0.4, -0.2) is 25.5 Å². The molecule has 3 nitrogen and oxygen atoms in total. The third kappa shape index (κ3) is 3.82. The lowest BCUT2D eigenvalue weighted by molar-refractivity contribution is -0.132. The molecule has 0 radical (unpaired) electrons. The summed E-state index contributed by atoms with van der Waals surface area (Å²) in [6.07, 6.45) is 3.61. The van der Waals surface area contributed by atoms with Gasteiger partial charge >= 0.3 is 0 Å². The van der Waals surface area contributed by atoms with Crippen molar-refractivity contribution in [2.24, 2.45) is 5.41 Å². The largest absolute Gasteiger partial charge is 0.355 e. The molecule has 1 aromatic rings. The van der Waals surface area contributed by atoms with Crippen LogP contribution in [0.4, 0.5) is 4.39 Å². The zero-order chi connectivity index (χ0) is 15.3. The van der Waals surface area contributed by atoms with Crippen molar-refractivity contribution in [1.82, 2.24) is 10.6 Å². The average Bonchev–Trinajstić information content (AvgIpc) is 2.50. The Morgan fingerprint density at radius 2 is 2.29 bits per heavy atom. The van der Waals surface area contributed by atoms with Gasteiger partial charge in [-0.2, -0.15) is 0 Å². The molecule has 0 bridgehead atoms. The Balaban J connectivity index is 1.88. The highest BCUT2D eigenvalue weighted by Crippen LogP contribution is 2.30. The van der Waals surface area contributed by atoms with Gasteiger partial charge in [-0.15, -0.1) is 0 Å². The summed E-state index contributed by atoms with van der Waals surface area (Å²) in [7, 11) is 0. The van der Waals surface area contributed by atoms with Gasteiger partial charge in [-0.3, -0.25) is 4.79 Å². The fourth-order valence-electron chi connectivity index (χ4n) is 3.06. The summed E-state index contributed by atoms with van der Waals surface area (Å²) in [4.78, 5) is 12.5. The Kier molecular flexibility index (Phi) is 5.34. The summed E-state index contributed by atoms with van der Waals surface area (Å²) in [6, 6.07) is 4.81. The predicted molar refractivity (Wildman–Crippen MR) is 82.7 cm³/mol. The van der Waals surface area contributed by atoms with Crippen LogP contribution in [0.3, 0.4) is 0 Å². The number of carbonyl (C=O) groups excluding carboxylic acids is 1. The van der Waals surface area contributed by atoms with Gasteiger partial charge in [0.15, 0.2) is 0 Å². The van der Waals surface area contributed by atoms with Gasteiger partial charge in [0.2, 0.25) is 5.91 Å². The maximum atomic E-state index is 13.1. The number of aryl methyl sites for hydroxylation is 1. The minimum atomic E-state index is -0.254. The number of piperidine rings is 1. The number of nitrogens with one attached hydrogen (secondary N) is 2. The highest BCUT2D eigenvalue weighted by molar-refractivity contribution is 5.83. The monoisotopic (exact) mass is 292 g/mol. The van der Waals surface area contributed by atoms with Crippen molar-refractivity contribution in [3.05, 3.63) is 35.1 Å². The summed E-state index contributed by atoms with van der Waals surface area (Å²) in [5.74, 6) is -0.0598. The minimum Gasteiger partial charge on any atom is -0.355 e. The van der Waals surface area contributed by atoms with Crippen LogP contribution in [-0.2, 0) is 11.2 Å². The molecule has 4 heteroatoms. The van der Waals surface area contributed by atoms with Crippen molar-refractivity contribution in [1.29, 1.82) is 0 Å². The van der Waals surface area contributed by atoms with E-state index in [2.05, 4.69) is 17.6 Å². The SMILES string of the molecule is CCC1(C(=O)NCCc2ccc(F)cc2C)CCCNC1. The second-order valence-electron chi connectivity index (χ2n) is 5.99. The van der Waals surface area contributed by atoms with E-state index in [4.69, 9.17) is 0 Å². The number of carbonyl (C=O) groups is 1. The quantitative estimate of drug-likeness (QED) is 0.876. The van der Waals surface area contributed by atoms with E-state index in [-0.39, 0.29) is 17.1 Å². The Morgan fingerprint density at radius 3 is 2.90 bits per heavy atom. The van der Waals surface area contributed by atoms with Crippen molar-refractivity contribution in [3.63, 3.8) is 0 Å². The summed E-state index contributed by atoms with van der Waals surface area (Å²) in [5.41, 5.74) is 1.77. The van der Waals surface area contributed by atoms with Gasteiger partial charge in [-0.25, -0.2) is 4.39 Å². The van der Waals surface area contributed by atoms with Gasteiger partial charge in [0.05, 0.1) is 5.41 Å². The summed E-state index contributed by atoms with van der Waals surface area (Å²) < 4.78 is 13.1.